The molecule has 1 saturated heterocycles. The standard InChI is InChI=1S/C13H20N2S2/c1-8-6-13(7-16-8,15-11-4-5-11)12-14-9(2)10(3)17-12/h8,11,15H,4-7H2,1-3H3. The van der Waals surface area contributed by atoms with Crippen molar-refractivity contribution in [1.82, 2.24) is 10.3 Å². The average Bonchev–Trinajstić information content (AvgIpc) is 2.91. The van der Waals surface area contributed by atoms with Crippen molar-refractivity contribution in [3.8, 4) is 0 Å². The number of aryl methyl sites for hydroxylation is 2. The molecule has 1 aromatic heterocycles. The number of hydrogen-bond acceptors (Lipinski definition) is 4. The van der Waals surface area contributed by atoms with Crippen LogP contribution in [0.3, 0.4) is 0 Å². The predicted molar refractivity (Wildman–Crippen MR) is 76.0 cm³/mol. The normalized spacial score (nSPS) is 33.2. The van der Waals surface area contributed by atoms with Gasteiger partial charge in [0.25, 0.3) is 0 Å². The van der Waals surface area contributed by atoms with Crippen LogP contribution in [-0.2, 0) is 5.54 Å². The SMILES string of the molecule is Cc1nc(C2(NC3CC3)CSC(C)C2)sc1C. The first kappa shape index (κ1) is 12.0. The van der Waals surface area contributed by atoms with Crippen molar-refractivity contribution >= 4 is 23.1 Å². The summed E-state index contributed by atoms with van der Waals surface area (Å²) in [5.41, 5.74) is 1.39. The molecular weight excluding hydrogens is 248 g/mol. The van der Waals surface area contributed by atoms with Gasteiger partial charge in [-0.2, -0.15) is 11.8 Å². The molecule has 17 heavy (non-hydrogen) atoms. The molecule has 0 spiro atoms. The minimum absolute atomic E-state index is 0.176. The van der Waals surface area contributed by atoms with Gasteiger partial charge in [0, 0.05) is 21.9 Å². The highest BCUT2D eigenvalue weighted by Crippen LogP contribution is 2.45. The minimum atomic E-state index is 0.176. The van der Waals surface area contributed by atoms with Crippen molar-refractivity contribution in [2.75, 3.05) is 5.75 Å². The van der Waals surface area contributed by atoms with E-state index in [4.69, 9.17) is 4.98 Å². The lowest BCUT2D eigenvalue weighted by atomic mass is 9.96. The number of thioether (sulfide) groups is 1. The topological polar surface area (TPSA) is 24.9 Å². The Labute approximate surface area is 112 Å². The summed E-state index contributed by atoms with van der Waals surface area (Å²) in [6.07, 6.45) is 3.94. The van der Waals surface area contributed by atoms with Crippen LogP contribution in [0.4, 0.5) is 0 Å². The van der Waals surface area contributed by atoms with Crippen LogP contribution in [0, 0.1) is 13.8 Å². The van der Waals surface area contributed by atoms with Gasteiger partial charge in [-0.25, -0.2) is 4.98 Å². The molecule has 1 N–H and O–H groups in total. The van der Waals surface area contributed by atoms with E-state index in [2.05, 4.69) is 37.8 Å². The highest BCUT2D eigenvalue weighted by atomic mass is 32.2. The maximum Gasteiger partial charge on any atom is 0.114 e. The fourth-order valence-electron chi connectivity index (χ4n) is 2.50. The first-order valence-corrected chi connectivity index (χ1v) is 8.29. The quantitative estimate of drug-likeness (QED) is 0.911. The van der Waals surface area contributed by atoms with Gasteiger partial charge < -0.3 is 5.32 Å². The molecular formula is C13H20N2S2. The van der Waals surface area contributed by atoms with E-state index in [1.807, 2.05) is 11.3 Å². The second-order valence-corrected chi connectivity index (χ2v) is 8.12. The highest BCUT2D eigenvalue weighted by molar-refractivity contribution is 8.00. The van der Waals surface area contributed by atoms with Crippen LogP contribution in [-0.4, -0.2) is 22.0 Å². The molecule has 2 aliphatic rings. The molecule has 94 valence electrons. The molecule has 0 bridgehead atoms. The highest BCUT2D eigenvalue weighted by Gasteiger charge is 2.45. The molecule has 2 nitrogen and oxygen atoms in total. The van der Waals surface area contributed by atoms with Crippen LogP contribution in [0.15, 0.2) is 0 Å². The number of thiazole rings is 1. The number of hydrogen-bond donors (Lipinski definition) is 1. The summed E-state index contributed by atoms with van der Waals surface area (Å²) in [7, 11) is 0. The molecule has 1 aliphatic carbocycles. The molecule has 3 rings (SSSR count). The van der Waals surface area contributed by atoms with E-state index in [1.165, 1.54) is 40.6 Å². The van der Waals surface area contributed by atoms with E-state index in [-0.39, 0.29) is 5.54 Å². The fraction of sp³-hybridized carbons (Fsp3) is 0.769. The number of aromatic nitrogens is 1. The van der Waals surface area contributed by atoms with Gasteiger partial charge in [0.05, 0.1) is 11.2 Å². The van der Waals surface area contributed by atoms with Crippen molar-refractivity contribution in [2.24, 2.45) is 0 Å². The van der Waals surface area contributed by atoms with E-state index >= 15 is 0 Å². The first-order valence-electron chi connectivity index (χ1n) is 6.43. The Balaban J connectivity index is 1.92. The van der Waals surface area contributed by atoms with Crippen LogP contribution < -0.4 is 5.32 Å². The van der Waals surface area contributed by atoms with Gasteiger partial charge in [-0.1, -0.05) is 6.92 Å². The Morgan fingerprint density at radius 3 is 2.59 bits per heavy atom. The number of nitrogens with zero attached hydrogens (tertiary/aromatic N) is 1. The monoisotopic (exact) mass is 268 g/mol. The molecule has 0 amide bonds. The Kier molecular flexibility index (Phi) is 3.00. The third kappa shape index (κ3) is 2.27. The van der Waals surface area contributed by atoms with Crippen LogP contribution in [0.25, 0.3) is 0 Å². The molecule has 1 aromatic rings. The zero-order valence-electron chi connectivity index (χ0n) is 10.7. The zero-order valence-corrected chi connectivity index (χ0v) is 12.4. The maximum absolute atomic E-state index is 4.82. The second kappa shape index (κ2) is 4.25. The van der Waals surface area contributed by atoms with E-state index in [0.717, 1.165) is 11.3 Å². The third-order valence-corrected chi connectivity index (χ3v) is 6.42. The second-order valence-electron chi connectivity index (χ2n) is 5.49. The van der Waals surface area contributed by atoms with Crippen molar-refractivity contribution < 1.29 is 0 Å². The zero-order chi connectivity index (χ0) is 12.0. The maximum atomic E-state index is 4.82. The van der Waals surface area contributed by atoms with Gasteiger partial charge in [-0.3, -0.25) is 0 Å². The Morgan fingerprint density at radius 2 is 2.12 bits per heavy atom. The van der Waals surface area contributed by atoms with Gasteiger partial charge in [0.15, 0.2) is 0 Å². The van der Waals surface area contributed by atoms with Crippen molar-refractivity contribution in [3.63, 3.8) is 0 Å². The summed E-state index contributed by atoms with van der Waals surface area (Å²) < 4.78 is 0. The molecule has 2 unspecified atom stereocenters. The third-order valence-electron chi connectivity index (χ3n) is 3.75. The smallest absolute Gasteiger partial charge is 0.114 e. The van der Waals surface area contributed by atoms with E-state index < -0.39 is 0 Å². The molecule has 1 aliphatic heterocycles. The van der Waals surface area contributed by atoms with Crippen molar-refractivity contribution in [2.45, 2.75) is 56.9 Å². The number of rotatable bonds is 3. The average molecular weight is 268 g/mol. The van der Waals surface area contributed by atoms with E-state index in [0.29, 0.717) is 0 Å². The van der Waals surface area contributed by atoms with Crippen LogP contribution in [0.2, 0.25) is 0 Å². The van der Waals surface area contributed by atoms with E-state index in [1.54, 1.807) is 0 Å². The molecule has 2 atom stereocenters. The first-order chi connectivity index (χ1) is 8.09. The molecule has 1 saturated carbocycles. The Morgan fingerprint density at radius 1 is 1.35 bits per heavy atom. The van der Waals surface area contributed by atoms with Crippen molar-refractivity contribution in [1.29, 1.82) is 0 Å². The summed E-state index contributed by atoms with van der Waals surface area (Å²) in [6.45, 7) is 6.66. The summed E-state index contributed by atoms with van der Waals surface area (Å²) >= 11 is 3.98. The largest absolute Gasteiger partial charge is 0.302 e. The minimum Gasteiger partial charge on any atom is -0.302 e. The molecule has 2 fully saturated rings. The van der Waals surface area contributed by atoms with Crippen LogP contribution >= 0.6 is 23.1 Å². The van der Waals surface area contributed by atoms with Gasteiger partial charge in [0.2, 0.25) is 0 Å². The summed E-state index contributed by atoms with van der Waals surface area (Å²) in [6, 6.07) is 0.755. The van der Waals surface area contributed by atoms with Gasteiger partial charge in [-0.15, -0.1) is 11.3 Å². The van der Waals surface area contributed by atoms with E-state index in [9.17, 15) is 0 Å². The predicted octanol–water partition coefficient (Wildman–Crippen LogP) is 3.23. The summed E-state index contributed by atoms with van der Waals surface area (Å²) in [5, 5.41) is 5.97. The van der Waals surface area contributed by atoms with Gasteiger partial charge >= 0.3 is 0 Å². The van der Waals surface area contributed by atoms with Crippen molar-refractivity contribution in [3.05, 3.63) is 15.6 Å². The van der Waals surface area contributed by atoms with Crippen LogP contribution in [0.1, 0.15) is 41.8 Å². The number of nitrogens with one attached hydrogen (secondary N) is 1. The van der Waals surface area contributed by atoms with Crippen LogP contribution in [0.5, 0.6) is 0 Å². The Bertz CT molecular complexity index is 406. The van der Waals surface area contributed by atoms with Gasteiger partial charge in [0.1, 0.15) is 5.01 Å². The Hall–Kier alpha value is -0.0600. The summed E-state index contributed by atoms with van der Waals surface area (Å²) in [4.78, 5) is 6.20. The molecule has 2 heterocycles. The summed E-state index contributed by atoms with van der Waals surface area (Å²) in [5.74, 6) is 1.19. The molecule has 4 heteroatoms. The lowest BCUT2D eigenvalue weighted by molar-refractivity contribution is 0.357. The molecule has 0 radical (unpaired) electrons. The lowest BCUT2D eigenvalue weighted by Gasteiger charge is -2.28. The lowest BCUT2D eigenvalue weighted by Crippen LogP contribution is -2.44. The fourth-order valence-corrected chi connectivity index (χ4v) is 4.98. The van der Waals surface area contributed by atoms with Gasteiger partial charge in [-0.05, 0) is 33.1 Å². The molecule has 0 aromatic carbocycles.